The van der Waals surface area contributed by atoms with Crippen molar-refractivity contribution < 1.29 is 4.79 Å². The second-order valence-corrected chi connectivity index (χ2v) is 5.50. The maximum absolute atomic E-state index is 12.7. The highest BCUT2D eigenvalue weighted by atomic mass is 35.5. The quantitative estimate of drug-likeness (QED) is 0.663. The largest absolute Gasteiger partial charge is 0.360 e. The zero-order chi connectivity index (χ0) is 14.3. The zero-order valence-corrected chi connectivity index (χ0v) is 12.2. The van der Waals surface area contributed by atoms with Gasteiger partial charge in [0.25, 0.3) is 0 Å². The van der Waals surface area contributed by atoms with E-state index < -0.39 is 0 Å². The summed E-state index contributed by atoms with van der Waals surface area (Å²) in [5.41, 5.74) is 3.08. The lowest BCUT2D eigenvalue weighted by Gasteiger charge is -2.04. The topological polar surface area (TPSA) is 32.9 Å². The Kier molecular flexibility index (Phi) is 3.28. The molecule has 0 amide bonds. The number of aromatic amines is 1. The van der Waals surface area contributed by atoms with Crippen molar-refractivity contribution in [2.24, 2.45) is 0 Å². The molecule has 2 aromatic carbocycles. The number of aromatic nitrogens is 1. The third kappa shape index (κ3) is 2.11. The van der Waals surface area contributed by atoms with Gasteiger partial charge >= 0.3 is 0 Å². The average Bonchev–Trinajstić information content (AvgIpc) is 2.83. The molecule has 100 valence electrons. The van der Waals surface area contributed by atoms with Crippen LogP contribution in [0.15, 0.2) is 42.6 Å². The monoisotopic (exact) mass is 303 g/mol. The minimum atomic E-state index is -0.104. The van der Waals surface area contributed by atoms with Gasteiger partial charge in [-0.2, -0.15) is 0 Å². The van der Waals surface area contributed by atoms with Gasteiger partial charge in [-0.25, -0.2) is 0 Å². The Bertz CT molecular complexity index is 820. The van der Waals surface area contributed by atoms with Crippen molar-refractivity contribution in [2.75, 3.05) is 0 Å². The van der Waals surface area contributed by atoms with Crippen molar-refractivity contribution in [3.63, 3.8) is 0 Å². The van der Waals surface area contributed by atoms with E-state index in [2.05, 4.69) is 4.98 Å². The van der Waals surface area contributed by atoms with E-state index in [1.807, 2.05) is 25.1 Å². The fraction of sp³-hybridized carbons (Fsp3) is 0.0625. The number of benzene rings is 2. The Labute approximate surface area is 126 Å². The van der Waals surface area contributed by atoms with Crippen LogP contribution in [-0.4, -0.2) is 10.8 Å². The second-order valence-electron chi connectivity index (χ2n) is 4.65. The fourth-order valence-electron chi connectivity index (χ4n) is 2.37. The summed E-state index contributed by atoms with van der Waals surface area (Å²) < 4.78 is 0. The van der Waals surface area contributed by atoms with Crippen LogP contribution in [0.25, 0.3) is 10.9 Å². The number of halogens is 2. The van der Waals surface area contributed by atoms with E-state index in [0.717, 1.165) is 16.5 Å². The number of hydrogen-bond acceptors (Lipinski definition) is 1. The summed E-state index contributed by atoms with van der Waals surface area (Å²) in [6, 6.07) is 10.8. The van der Waals surface area contributed by atoms with Crippen LogP contribution in [0.3, 0.4) is 0 Å². The van der Waals surface area contributed by atoms with E-state index in [1.54, 1.807) is 24.4 Å². The van der Waals surface area contributed by atoms with Gasteiger partial charge in [0, 0.05) is 33.2 Å². The molecule has 0 atom stereocenters. The molecule has 0 radical (unpaired) electrons. The summed E-state index contributed by atoms with van der Waals surface area (Å²) in [5, 5.41) is 1.82. The van der Waals surface area contributed by atoms with E-state index in [9.17, 15) is 4.79 Å². The number of aryl methyl sites for hydroxylation is 1. The van der Waals surface area contributed by atoms with Gasteiger partial charge in [0.05, 0.1) is 5.02 Å². The molecule has 0 saturated heterocycles. The lowest BCUT2D eigenvalue weighted by atomic mass is 10.00. The highest BCUT2D eigenvalue weighted by molar-refractivity contribution is 6.38. The van der Waals surface area contributed by atoms with Gasteiger partial charge in [-0.15, -0.1) is 0 Å². The van der Waals surface area contributed by atoms with Gasteiger partial charge in [0.2, 0.25) is 0 Å². The summed E-state index contributed by atoms with van der Waals surface area (Å²) in [5.74, 6) is -0.104. The first-order valence-electron chi connectivity index (χ1n) is 6.14. The Morgan fingerprint density at radius 3 is 2.65 bits per heavy atom. The first kappa shape index (κ1) is 13.2. The van der Waals surface area contributed by atoms with Crippen LogP contribution < -0.4 is 0 Å². The minimum absolute atomic E-state index is 0.104. The number of fused-ring (bicyclic) bond motifs is 1. The number of nitrogens with one attached hydrogen (secondary N) is 1. The molecule has 0 aliphatic heterocycles. The fourth-order valence-corrected chi connectivity index (χ4v) is 2.86. The summed E-state index contributed by atoms with van der Waals surface area (Å²) in [6.07, 6.45) is 1.73. The third-order valence-electron chi connectivity index (χ3n) is 3.33. The van der Waals surface area contributed by atoms with Crippen LogP contribution in [0.1, 0.15) is 21.5 Å². The number of carbonyl (C=O) groups is 1. The van der Waals surface area contributed by atoms with Crippen molar-refractivity contribution in [2.45, 2.75) is 6.92 Å². The lowest BCUT2D eigenvalue weighted by molar-refractivity contribution is 0.104. The first-order valence-corrected chi connectivity index (χ1v) is 6.90. The van der Waals surface area contributed by atoms with Crippen LogP contribution in [0.5, 0.6) is 0 Å². The molecule has 4 heteroatoms. The van der Waals surface area contributed by atoms with E-state index in [-0.39, 0.29) is 5.78 Å². The molecule has 20 heavy (non-hydrogen) atoms. The van der Waals surface area contributed by atoms with Crippen LogP contribution in [0.2, 0.25) is 10.0 Å². The SMILES string of the molecule is Cc1cccc2[nH]cc(C(=O)c3ccc(Cl)cc3Cl)c12. The van der Waals surface area contributed by atoms with Crippen molar-refractivity contribution in [1.82, 2.24) is 4.98 Å². The van der Waals surface area contributed by atoms with E-state index >= 15 is 0 Å². The third-order valence-corrected chi connectivity index (χ3v) is 3.88. The molecule has 1 heterocycles. The molecule has 1 N–H and O–H groups in total. The van der Waals surface area contributed by atoms with E-state index in [4.69, 9.17) is 23.2 Å². The molecule has 1 aromatic heterocycles. The smallest absolute Gasteiger partial charge is 0.196 e. The van der Waals surface area contributed by atoms with Crippen molar-refractivity contribution in [3.05, 3.63) is 69.3 Å². The number of rotatable bonds is 2. The second kappa shape index (κ2) is 4.97. The van der Waals surface area contributed by atoms with Crippen LogP contribution in [-0.2, 0) is 0 Å². The van der Waals surface area contributed by atoms with E-state index in [0.29, 0.717) is 21.2 Å². The summed E-state index contributed by atoms with van der Waals surface area (Å²) in [4.78, 5) is 15.8. The molecule has 3 aromatic rings. The van der Waals surface area contributed by atoms with Gasteiger partial charge in [-0.3, -0.25) is 4.79 Å². The predicted octanol–water partition coefficient (Wildman–Crippen LogP) is 5.01. The molecular weight excluding hydrogens is 293 g/mol. The Hall–Kier alpha value is -1.77. The standard InChI is InChI=1S/C16H11Cl2NO/c1-9-3-2-4-14-15(9)12(8-19-14)16(20)11-6-5-10(17)7-13(11)18/h2-8,19H,1H3. The highest BCUT2D eigenvalue weighted by Crippen LogP contribution is 2.28. The molecule has 0 bridgehead atoms. The number of ketones is 1. The minimum Gasteiger partial charge on any atom is -0.360 e. The van der Waals surface area contributed by atoms with Crippen LogP contribution >= 0.6 is 23.2 Å². The molecule has 3 rings (SSSR count). The Morgan fingerprint density at radius 2 is 1.90 bits per heavy atom. The Morgan fingerprint density at radius 1 is 1.10 bits per heavy atom. The summed E-state index contributed by atoms with van der Waals surface area (Å²) in [6.45, 7) is 1.98. The first-order chi connectivity index (χ1) is 9.58. The zero-order valence-electron chi connectivity index (χ0n) is 10.7. The van der Waals surface area contributed by atoms with Gasteiger partial charge in [0.15, 0.2) is 5.78 Å². The predicted molar refractivity (Wildman–Crippen MR) is 82.9 cm³/mol. The van der Waals surface area contributed by atoms with Gasteiger partial charge in [-0.1, -0.05) is 35.3 Å². The van der Waals surface area contributed by atoms with Crippen LogP contribution in [0, 0.1) is 6.92 Å². The Balaban J connectivity index is 2.18. The molecule has 0 saturated carbocycles. The van der Waals surface area contributed by atoms with Crippen molar-refractivity contribution >= 4 is 39.9 Å². The molecule has 0 fully saturated rings. The van der Waals surface area contributed by atoms with Gasteiger partial charge < -0.3 is 4.98 Å². The lowest BCUT2D eigenvalue weighted by Crippen LogP contribution is -2.01. The van der Waals surface area contributed by atoms with Crippen molar-refractivity contribution in [3.8, 4) is 0 Å². The number of hydrogen-bond donors (Lipinski definition) is 1. The van der Waals surface area contributed by atoms with Gasteiger partial charge in [-0.05, 0) is 36.8 Å². The molecular formula is C16H11Cl2NO. The van der Waals surface area contributed by atoms with Crippen molar-refractivity contribution in [1.29, 1.82) is 0 Å². The molecule has 0 spiro atoms. The van der Waals surface area contributed by atoms with Gasteiger partial charge in [0.1, 0.15) is 0 Å². The molecule has 0 aliphatic carbocycles. The maximum Gasteiger partial charge on any atom is 0.196 e. The molecule has 2 nitrogen and oxygen atoms in total. The molecule has 0 unspecified atom stereocenters. The maximum atomic E-state index is 12.7. The summed E-state index contributed by atoms with van der Waals surface area (Å²) in [7, 11) is 0. The number of carbonyl (C=O) groups excluding carboxylic acids is 1. The van der Waals surface area contributed by atoms with E-state index in [1.165, 1.54) is 0 Å². The van der Waals surface area contributed by atoms with Crippen LogP contribution in [0.4, 0.5) is 0 Å². The number of H-pyrrole nitrogens is 1. The molecule has 0 aliphatic rings. The summed E-state index contributed by atoms with van der Waals surface area (Å²) >= 11 is 12.0. The normalized spacial score (nSPS) is 10.9. The average molecular weight is 304 g/mol. The highest BCUT2D eigenvalue weighted by Gasteiger charge is 2.18.